The Morgan fingerprint density at radius 1 is 0.448 bits per heavy atom. The zero-order chi connectivity index (χ0) is 44.6. The second-order valence-electron chi connectivity index (χ2n) is 16.6. The predicted molar refractivity (Wildman–Crippen MR) is 280 cm³/mol. The molecule has 5 nitrogen and oxygen atoms in total. The predicted octanol–water partition coefficient (Wildman–Crippen LogP) is 17.1. The number of aromatic nitrogens is 3. The van der Waals surface area contributed by atoms with Gasteiger partial charge < -0.3 is 4.57 Å². The van der Waals surface area contributed by atoms with Crippen molar-refractivity contribution in [2.24, 2.45) is 0 Å². The lowest BCUT2D eigenvalue weighted by atomic mass is 9.85. The van der Waals surface area contributed by atoms with Crippen LogP contribution in [0.2, 0.25) is 0 Å². The van der Waals surface area contributed by atoms with Crippen LogP contribution in [0.25, 0.3) is 129 Å². The third kappa shape index (κ3) is 5.97. The Morgan fingerprint density at radius 2 is 0.866 bits per heavy atom. The summed E-state index contributed by atoms with van der Waals surface area (Å²) in [6, 6.07) is 71.3. The topological polar surface area (TPSA) is 58.9 Å². The highest BCUT2D eigenvalue weighted by molar-refractivity contribution is 7.27. The number of nitriles is 1. The van der Waals surface area contributed by atoms with Gasteiger partial charge in [-0.15, -0.1) is 22.7 Å². The molecule has 0 N–H and O–H groups in total. The van der Waals surface area contributed by atoms with Crippen molar-refractivity contribution in [3.63, 3.8) is 0 Å². The minimum Gasteiger partial charge on any atom is -0.306 e. The van der Waals surface area contributed by atoms with Crippen molar-refractivity contribution in [2.75, 3.05) is 0 Å². The highest BCUT2D eigenvalue weighted by Crippen LogP contribution is 2.54. The van der Waals surface area contributed by atoms with E-state index in [1.807, 2.05) is 115 Å². The van der Waals surface area contributed by atoms with Gasteiger partial charge in [0.2, 0.25) is 5.69 Å². The quantitative estimate of drug-likeness (QED) is 0.156. The number of hydrogen-bond acceptors (Lipinski definition) is 5. The second kappa shape index (κ2) is 15.5. The molecule has 4 heterocycles. The molecule has 0 radical (unpaired) electrons. The van der Waals surface area contributed by atoms with Crippen molar-refractivity contribution >= 4 is 90.5 Å². The fourth-order valence-corrected chi connectivity index (χ4v) is 12.5. The lowest BCUT2D eigenvalue weighted by Crippen LogP contribution is -2.07. The van der Waals surface area contributed by atoms with E-state index in [2.05, 4.69) is 100 Å². The van der Waals surface area contributed by atoms with Crippen LogP contribution < -0.4 is 0 Å². The van der Waals surface area contributed by atoms with E-state index >= 15 is 0 Å². The second-order valence-corrected chi connectivity index (χ2v) is 18.7. The molecule has 13 aromatic rings. The Bertz CT molecular complexity index is 4030. The van der Waals surface area contributed by atoms with Crippen molar-refractivity contribution < 1.29 is 0 Å². The zero-order valence-corrected chi connectivity index (χ0v) is 37.2. The summed E-state index contributed by atoms with van der Waals surface area (Å²) < 4.78 is 6.96. The summed E-state index contributed by atoms with van der Waals surface area (Å²) in [6.45, 7) is 9.38. The van der Waals surface area contributed by atoms with Gasteiger partial charge in [-0.25, -0.2) is 14.8 Å². The van der Waals surface area contributed by atoms with Gasteiger partial charge in [-0.1, -0.05) is 182 Å². The SMILES string of the molecule is [C-]#[N+]c1c(-c2nc(-c3ccccc3)cc(-c3ccccc3)n2)c(-c2ccccc2)c(C#N)c(-n2c3c(ccc4c5ccccc5sc43)c3ccc4c5ccccc5sc4c32)c1-c1ccccc1. The summed E-state index contributed by atoms with van der Waals surface area (Å²) >= 11 is 3.54. The van der Waals surface area contributed by atoms with Crippen molar-refractivity contribution in [1.29, 1.82) is 5.26 Å². The Labute approximate surface area is 393 Å². The van der Waals surface area contributed by atoms with Crippen LogP contribution in [0.4, 0.5) is 5.69 Å². The first-order valence-electron chi connectivity index (χ1n) is 22.0. The van der Waals surface area contributed by atoms with E-state index in [-0.39, 0.29) is 0 Å². The van der Waals surface area contributed by atoms with Gasteiger partial charge in [0.1, 0.15) is 6.07 Å². The molecule has 310 valence electrons. The van der Waals surface area contributed by atoms with Gasteiger partial charge in [0, 0.05) is 69.5 Å². The molecule has 13 rings (SSSR count). The van der Waals surface area contributed by atoms with Gasteiger partial charge in [-0.3, -0.25) is 0 Å². The summed E-state index contributed by atoms with van der Waals surface area (Å²) in [4.78, 5) is 15.3. The first-order chi connectivity index (χ1) is 33.2. The summed E-state index contributed by atoms with van der Waals surface area (Å²) in [5, 5.41) is 19.0. The van der Waals surface area contributed by atoms with Crippen molar-refractivity contribution in [3.8, 4) is 67.9 Å². The van der Waals surface area contributed by atoms with Crippen LogP contribution in [0, 0.1) is 17.9 Å². The molecular formula is C60H33N5S2. The Balaban J connectivity index is 1.28. The third-order valence-electron chi connectivity index (χ3n) is 12.9. The fraction of sp³-hybridized carbons (Fsp3) is 0. The molecule has 0 aliphatic rings. The van der Waals surface area contributed by atoms with E-state index in [0.717, 1.165) is 64.2 Å². The number of rotatable bonds is 6. The number of nitrogens with zero attached hydrogens (tertiary/aromatic N) is 5. The molecule has 0 bridgehead atoms. The molecule has 0 spiro atoms. The highest BCUT2D eigenvalue weighted by atomic mass is 32.1. The lowest BCUT2D eigenvalue weighted by Gasteiger charge is -2.24. The van der Waals surface area contributed by atoms with E-state index in [9.17, 15) is 11.8 Å². The van der Waals surface area contributed by atoms with Gasteiger partial charge in [0.25, 0.3) is 0 Å². The van der Waals surface area contributed by atoms with E-state index < -0.39 is 0 Å². The first kappa shape index (κ1) is 38.7. The molecular weight excluding hydrogens is 855 g/mol. The molecule has 0 unspecified atom stereocenters. The van der Waals surface area contributed by atoms with Crippen LogP contribution in [-0.2, 0) is 0 Å². The van der Waals surface area contributed by atoms with Crippen LogP contribution in [0.5, 0.6) is 0 Å². The summed E-state index contributed by atoms with van der Waals surface area (Å²) in [5.41, 5.74) is 10.1. The summed E-state index contributed by atoms with van der Waals surface area (Å²) in [6.07, 6.45) is 0. The van der Waals surface area contributed by atoms with Gasteiger partial charge in [-0.2, -0.15) is 5.26 Å². The molecule has 4 aromatic heterocycles. The molecule has 67 heavy (non-hydrogen) atoms. The molecule has 7 heteroatoms. The number of hydrogen-bond donors (Lipinski definition) is 0. The Morgan fingerprint density at radius 3 is 1.33 bits per heavy atom. The maximum absolute atomic E-state index is 12.2. The molecule has 0 saturated heterocycles. The van der Waals surface area contributed by atoms with E-state index in [1.165, 1.54) is 20.2 Å². The molecule has 0 amide bonds. The van der Waals surface area contributed by atoms with Gasteiger partial charge in [-0.05, 0) is 29.3 Å². The highest BCUT2D eigenvalue weighted by Gasteiger charge is 2.33. The average Bonchev–Trinajstić information content (AvgIpc) is 4.08. The van der Waals surface area contributed by atoms with E-state index in [0.29, 0.717) is 50.8 Å². The van der Waals surface area contributed by atoms with Crippen LogP contribution >= 0.6 is 22.7 Å². The van der Waals surface area contributed by atoms with Crippen LogP contribution in [0.3, 0.4) is 0 Å². The molecule has 0 saturated carbocycles. The largest absolute Gasteiger partial charge is 0.306 e. The summed E-state index contributed by atoms with van der Waals surface area (Å²) in [7, 11) is 0. The zero-order valence-electron chi connectivity index (χ0n) is 35.6. The van der Waals surface area contributed by atoms with Crippen LogP contribution in [0.15, 0.2) is 200 Å². The smallest absolute Gasteiger partial charge is 0.208 e. The minimum absolute atomic E-state index is 0.366. The van der Waals surface area contributed by atoms with Gasteiger partial charge in [0.15, 0.2) is 5.82 Å². The van der Waals surface area contributed by atoms with Gasteiger partial charge >= 0.3 is 0 Å². The van der Waals surface area contributed by atoms with E-state index in [1.54, 1.807) is 22.7 Å². The lowest BCUT2D eigenvalue weighted by molar-refractivity contribution is 1.17. The number of benzene rings is 9. The standard InChI is InChI=1S/C60H33N5S2/c1-62-54-52(39-24-12-5-13-25-39)55(46(35-61)51(38-22-10-4-11-23-38)53(54)60-63-47(36-18-6-2-7-19-36)34-48(64-60)37-20-8-3-9-21-37)65-56-42(30-32-44-40-26-14-16-28-49(40)66-58(44)56)43-31-33-45-41-27-15-17-29-50(41)67-59(45)57(43)65/h2-34H. The fourth-order valence-electron chi connectivity index (χ4n) is 9.99. The van der Waals surface area contributed by atoms with Crippen molar-refractivity contribution in [3.05, 3.63) is 217 Å². The Hall–Kier alpha value is -8.72. The molecule has 0 atom stereocenters. The minimum atomic E-state index is 0.366. The van der Waals surface area contributed by atoms with Crippen LogP contribution in [0.1, 0.15) is 5.56 Å². The molecule has 0 aliphatic carbocycles. The first-order valence-corrected chi connectivity index (χ1v) is 23.6. The van der Waals surface area contributed by atoms with Crippen molar-refractivity contribution in [1.82, 2.24) is 14.5 Å². The molecule has 0 aliphatic heterocycles. The maximum atomic E-state index is 12.2. The average molecular weight is 888 g/mol. The normalized spacial score (nSPS) is 11.6. The van der Waals surface area contributed by atoms with Crippen LogP contribution in [-0.4, -0.2) is 14.5 Å². The third-order valence-corrected chi connectivity index (χ3v) is 15.3. The molecule has 9 aromatic carbocycles. The van der Waals surface area contributed by atoms with Gasteiger partial charge in [0.05, 0.1) is 49.6 Å². The van der Waals surface area contributed by atoms with Crippen molar-refractivity contribution in [2.45, 2.75) is 0 Å². The summed E-state index contributed by atoms with van der Waals surface area (Å²) in [5.74, 6) is 0.367. The van der Waals surface area contributed by atoms with E-state index in [4.69, 9.17) is 9.97 Å². The molecule has 0 fully saturated rings. The maximum Gasteiger partial charge on any atom is 0.208 e. The monoisotopic (exact) mass is 887 g/mol. The Kier molecular flexibility index (Phi) is 8.94. The number of fused-ring (bicyclic) bond motifs is 11. The number of thiophene rings is 2.